The van der Waals surface area contributed by atoms with Crippen LogP contribution in [-0.2, 0) is 14.8 Å². The Morgan fingerprint density at radius 1 is 1.32 bits per heavy atom. The summed E-state index contributed by atoms with van der Waals surface area (Å²) in [6, 6.07) is 0.0564. The summed E-state index contributed by atoms with van der Waals surface area (Å²) in [5.74, 6) is 0.0304. The molecule has 1 amide bonds. The van der Waals surface area contributed by atoms with Gasteiger partial charge < -0.3 is 15.0 Å². The zero-order valence-corrected chi connectivity index (χ0v) is 14.8. The van der Waals surface area contributed by atoms with Gasteiger partial charge in [-0.05, 0) is 47.1 Å². The van der Waals surface area contributed by atoms with Crippen LogP contribution in [0.25, 0.3) is 0 Å². The molecule has 8 heteroatoms. The molecule has 0 radical (unpaired) electrons. The lowest BCUT2D eigenvalue weighted by molar-refractivity contribution is 0.0100. The average molecular weight is 335 g/mol. The molecular formula is C14H29N3O4S. The predicted octanol–water partition coefficient (Wildman–Crippen LogP) is 0.915. The molecule has 7 nitrogen and oxygen atoms in total. The predicted molar refractivity (Wildman–Crippen MR) is 86.3 cm³/mol. The van der Waals surface area contributed by atoms with Crippen molar-refractivity contribution in [1.29, 1.82) is 0 Å². The molecule has 1 atom stereocenters. The summed E-state index contributed by atoms with van der Waals surface area (Å²) >= 11 is 0. The lowest BCUT2D eigenvalue weighted by Crippen LogP contribution is -2.50. The highest BCUT2D eigenvalue weighted by atomic mass is 32.2. The fraction of sp³-hybridized carbons (Fsp3) is 0.929. The first kappa shape index (κ1) is 19.2. The number of rotatable bonds is 6. The molecule has 0 aromatic heterocycles. The molecule has 1 aliphatic heterocycles. The number of hydrogen-bond acceptors (Lipinski definition) is 5. The van der Waals surface area contributed by atoms with Crippen LogP contribution in [-0.4, -0.2) is 63.5 Å². The molecule has 0 aliphatic carbocycles. The normalized spacial score (nSPS) is 20.0. The van der Waals surface area contributed by atoms with Crippen molar-refractivity contribution in [3.05, 3.63) is 0 Å². The van der Waals surface area contributed by atoms with Crippen molar-refractivity contribution in [1.82, 2.24) is 14.9 Å². The number of sulfonamides is 1. The van der Waals surface area contributed by atoms with Crippen molar-refractivity contribution in [2.75, 3.05) is 32.4 Å². The van der Waals surface area contributed by atoms with Gasteiger partial charge in [0.1, 0.15) is 5.60 Å². The Morgan fingerprint density at radius 2 is 2.00 bits per heavy atom. The molecule has 22 heavy (non-hydrogen) atoms. The maximum atomic E-state index is 12.2. The Morgan fingerprint density at radius 3 is 2.59 bits per heavy atom. The highest BCUT2D eigenvalue weighted by molar-refractivity contribution is 7.89. The van der Waals surface area contributed by atoms with E-state index in [1.54, 1.807) is 4.90 Å². The van der Waals surface area contributed by atoms with Gasteiger partial charge in [0.05, 0.1) is 5.75 Å². The standard InChI is InChI=1S/C14H29N3O4S/c1-14(2,3)21-13(18)17-9-6-5-7-12(17)11-16-8-10-22(19,20)15-4/h12,15-16H,5-11H2,1-4H3. The number of amides is 1. The van der Waals surface area contributed by atoms with Gasteiger partial charge in [-0.25, -0.2) is 17.9 Å². The minimum atomic E-state index is -3.19. The second-order valence-electron chi connectivity index (χ2n) is 6.55. The van der Waals surface area contributed by atoms with Crippen LogP contribution in [0.4, 0.5) is 4.79 Å². The van der Waals surface area contributed by atoms with Crippen LogP contribution < -0.4 is 10.0 Å². The van der Waals surface area contributed by atoms with Crippen molar-refractivity contribution in [3.8, 4) is 0 Å². The second-order valence-corrected chi connectivity index (χ2v) is 8.60. The number of likely N-dealkylation sites (tertiary alicyclic amines) is 1. The molecule has 1 aliphatic rings. The summed E-state index contributed by atoms with van der Waals surface area (Å²) in [6.45, 7) is 7.19. The summed E-state index contributed by atoms with van der Waals surface area (Å²) in [5, 5.41) is 3.12. The van der Waals surface area contributed by atoms with Crippen molar-refractivity contribution in [2.45, 2.75) is 51.7 Å². The molecule has 0 saturated carbocycles. The van der Waals surface area contributed by atoms with Crippen LogP contribution >= 0.6 is 0 Å². The van der Waals surface area contributed by atoms with Gasteiger partial charge in [0.2, 0.25) is 10.0 Å². The molecule has 1 fully saturated rings. The van der Waals surface area contributed by atoms with Gasteiger partial charge in [0.25, 0.3) is 0 Å². The van der Waals surface area contributed by atoms with E-state index in [1.807, 2.05) is 20.8 Å². The lowest BCUT2D eigenvalue weighted by atomic mass is 10.0. The highest BCUT2D eigenvalue weighted by Crippen LogP contribution is 2.19. The second kappa shape index (κ2) is 8.12. The third kappa shape index (κ3) is 6.93. The molecule has 0 spiro atoms. The first-order valence-electron chi connectivity index (χ1n) is 7.76. The number of carbonyl (C=O) groups excluding carboxylic acids is 1. The zero-order valence-electron chi connectivity index (χ0n) is 14.0. The molecule has 0 bridgehead atoms. The van der Waals surface area contributed by atoms with E-state index in [2.05, 4.69) is 10.0 Å². The van der Waals surface area contributed by atoms with E-state index in [4.69, 9.17) is 4.74 Å². The van der Waals surface area contributed by atoms with Crippen LogP contribution in [0.2, 0.25) is 0 Å². The number of nitrogens with one attached hydrogen (secondary N) is 2. The number of ether oxygens (including phenoxy) is 1. The molecule has 1 heterocycles. The van der Waals surface area contributed by atoms with E-state index in [9.17, 15) is 13.2 Å². The van der Waals surface area contributed by atoms with Gasteiger partial charge in [-0.2, -0.15) is 0 Å². The van der Waals surface area contributed by atoms with Crippen LogP contribution in [0.1, 0.15) is 40.0 Å². The summed E-state index contributed by atoms with van der Waals surface area (Å²) in [4.78, 5) is 14.0. The molecule has 1 saturated heterocycles. The van der Waals surface area contributed by atoms with E-state index in [1.165, 1.54) is 7.05 Å². The third-order valence-electron chi connectivity index (χ3n) is 3.49. The van der Waals surface area contributed by atoms with E-state index in [-0.39, 0.29) is 17.9 Å². The van der Waals surface area contributed by atoms with Crippen molar-refractivity contribution >= 4 is 16.1 Å². The molecule has 2 N–H and O–H groups in total. The number of hydrogen-bond donors (Lipinski definition) is 2. The molecular weight excluding hydrogens is 306 g/mol. The van der Waals surface area contributed by atoms with E-state index < -0.39 is 15.6 Å². The van der Waals surface area contributed by atoms with Crippen molar-refractivity contribution in [2.24, 2.45) is 0 Å². The number of nitrogens with zero attached hydrogens (tertiary/aromatic N) is 1. The Kier molecular flexibility index (Phi) is 7.08. The highest BCUT2D eigenvalue weighted by Gasteiger charge is 2.30. The van der Waals surface area contributed by atoms with Crippen molar-refractivity contribution < 1.29 is 17.9 Å². The summed E-state index contributed by atoms with van der Waals surface area (Å²) in [6.07, 6.45) is 2.66. The number of carbonyl (C=O) groups is 1. The Labute approximate surface area is 133 Å². The van der Waals surface area contributed by atoms with Gasteiger partial charge in [-0.1, -0.05) is 0 Å². The minimum absolute atomic E-state index is 0.0304. The third-order valence-corrected chi connectivity index (χ3v) is 4.86. The molecule has 130 valence electrons. The topological polar surface area (TPSA) is 87.7 Å². The minimum Gasteiger partial charge on any atom is -0.444 e. The first-order chi connectivity index (χ1) is 10.1. The monoisotopic (exact) mass is 335 g/mol. The van der Waals surface area contributed by atoms with Crippen molar-refractivity contribution in [3.63, 3.8) is 0 Å². The first-order valence-corrected chi connectivity index (χ1v) is 9.41. The SMILES string of the molecule is CNS(=O)(=O)CCNCC1CCCCN1C(=O)OC(C)(C)C. The summed E-state index contributed by atoms with van der Waals surface area (Å²) < 4.78 is 30.4. The Hall–Kier alpha value is -0.860. The van der Waals surface area contributed by atoms with Crippen LogP contribution in [0.5, 0.6) is 0 Å². The average Bonchev–Trinajstić information content (AvgIpc) is 2.42. The van der Waals surface area contributed by atoms with Crippen LogP contribution in [0.15, 0.2) is 0 Å². The van der Waals surface area contributed by atoms with Crippen LogP contribution in [0, 0.1) is 0 Å². The smallest absolute Gasteiger partial charge is 0.410 e. The Balaban J connectivity index is 2.47. The lowest BCUT2D eigenvalue weighted by Gasteiger charge is -2.36. The van der Waals surface area contributed by atoms with Gasteiger partial charge in [-0.3, -0.25) is 0 Å². The summed E-state index contributed by atoms with van der Waals surface area (Å²) in [5.41, 5.74) is -0.507. The van der Waals surface area contributed by atoms with E-state index in [0.29, 0.717) is 19.6 Å². The fourth-order valence-electron chi connectivity index (χ4n) is 2.35. The van der Waals surface area contributed by atoms with Gasteiger partial charge in [-0.15, -0.1) is 0 Å². The molecule has 0 aromatic rings. The quantitative estimate of drug-likeness (QED) is 0.705. The maximum Gasteiger partial charge on any atom is 0.410 e. The molecule has 1 rings (SSSR count). The largest absolute Gasteiger partial charge is 0.444 e. The van der Waals surface area contributed by atoms with E-state index in [0.717, 1.165) is 19.3 Å². The van der Waals surface area contributed by atoms with E-state index >= 15 is 0 Å². The molecule has 0 aromatic carbocycles. The van der Waals surface area contributed by atoms with Gasteiger partial charge in [0.15, 0.2) is 0 Å². The maximum absolute atomic E-state index is 12.2. The summed E-state index contributed by atoms with van der Waals surface area (Å²) in [7, 11) is -1.79. The zero-order chi connectivity index (χ0) is 16.8. The van der Waals surface area contributed by atoms with Gasteiger partial charge in [0, 0.05) is 25.7 Å². The van der Waals surface area contributed by atoms with Crippen LogP contribution in [0.3, 0.4) is 0 Å². The van der Waals surface area contributed by atoms with Gasteiger partial charge >= 0.3 is 6.09 Å². The Bertz CT molecular complexity index is 459. The fourth-order valence-corrected chi connectivity index (χ4v) is 2.97. The number of piperidine rings is 1. The molecule has 1 unspecified atom stereocenters.